The van der Waals surface area contributed by atoms with Gasteiger partial charge in [-0.15, -0.1) is 0 Å². The molecule has 2 rings (SSSR count). The topological polar surface area (TPSA) is 72.5 Å². The highest BCUT2D eigenvalue weighted by Gasteiger charge is 2.24. The van der Waals surface area contributed by atoms with Crippen molar-refractivity contribution < 1.29 is 14.6 Å². The average Bonchev–Trinajstić information content (AvgIpc) is 2.50. The molecule has 0 heterocycles. The molecule has 1 aromatic carbocycles. The molecule has 0 aliphatic heterocycles. The van der Waals surface area contributed by atoms with E-state index in [-0.39, 0.29) is 0 Å². The number of hydrogen-bond donors (Lipinski definition) is 2. The van der Waals surface area contributed by atoms with E-state index in [0.29, 0.717) is 29.3 Å². The van der Waals surface area contributed by atoms with Gasteiger partial charge in [0.05, 0.1) is 13.0 Å². The van der Waals surface area contributed by atoms with Crippen LogP contribution in [0.2, 0.25) is 0 Å². The zero-order valence-electron chi connectivity index (χ0n) is 12.7. The fraction of sp³-hybridized carbons (Fsp3) is 0.588. The van der Waals surface area contributed by atoms with Crippen molar-refractivity contribution in [1.82, 2.24) is 0 Å². The van der Waals surface area contributed by atoms with Crippen molar-refractivity contribution in [3.8, 4) is 5.75 Å². The summed E-state index contributed by atoms with van der Waals surface area (Å²) in [7, 11) is 1.58. The maximum Gasteiger partial charge on any atom is 0.311 e. The van der Waals surface area contributed by atoms with E-state index in [0.717, 1.165) is 6.42 Å². The molecule has 1 fully saturated rings. The Morgan fingerprint density at radius 1 is 1.38 bits per heavy atom. The number of aliphatic carboxylic acids is 1. The van der Waals surface area contributed by atoms with E-state index in [1.165, 1.54) is 32.1 Å². The van der Waals surface area contributed by atoms with Crippen LogP contribution in [0.25, 0.3) is 0 Å². The number of carboxylic acids is 1. The van der Waals surface area contributed by atoms with Crippen LogP contribution in [-0.2, 0) is 4.79 Å². The second kappa shape index (κ2) is 7.34. The van der Waals surface area contributed by atoms with Crippen LogP contribution in [0.5, 0.6) is 5.75 Å². The Labute approximate surface area is 126 Å². The molecular formula is C17H25NO3. The van der Waals surface area contributed by atoms with Gasteiger partial charge in [-0.1, -0.05) is 32.1 Å². The van der Waals surface area contributed by atoms with Gasteiger partial charge in [-0.25, -0.2) is 0 Å². The fourth-order valence-corrected chi connectivity index (χ4v) is 3.27. The Hall–Kier alpha value is -1.71. The molecule has 1 atom stereocenters. The lowest BCUT2D eigenvalue weighted by Gasteiger charge is -2.23. The largest absolute Gasteiger partial charge is 0.497 e. The van der Waals surface area contributed by atoms with Crippen molar-refractivity contribution in [3.05, 3.63) is 23.8 Å². The molecule has 0 saturated heterocycles. The maximum absolute atomic E-state index is 11.6. The van der Waals surface area contributed by atoms with E-state index in [1.807, 2.05) is 0 Å². The SMILES string of the molecule is COc1ccc(N)c(C(CCC2CCCCC2)C(=O)O)c1. The Kier molecular flexibility index (Phi) is 5.48. The van der Waals surface area contributed by atoms with Crippen molar-refractivity contribution in [1.29, 1.82) is 0 Å². The Balaban J connectivity index is 2.09. The van der Waals surface area contributed by atoms with Gasteiger partial charge in [-0.3, -0.25) is 4.79 Å². The van der Waals surface area contributed by atoms with Crippen molar-refractivity contribution >= 4 is 11.7 Å². The van der Waals surface area contributed by atoms with Crippen molar-refractivity contribution in [2.75, 3.05) is 12.8 Å². The first-order valence-electron chi connectivity index (χ1n) is 7.78. The third-order valence-corrected chi connectivity index (χ3v) is 4.56. The minimum Gasteiger partial charge on any atom is -0.497 e. The van der Waals surface area contributed by atoms with Crippen molar-refractivity contribution in [2.45, 2.75) is 50.9 Å². The molecule has 0 spiro atoms. The number of methoxy groups -OCH3 is 1. The van der Waals surface area contributed by atoms with E-state index in [2.05, 4.69) is 0 Å². The van der Waals surface area contributed by atoms with E-state index < -0.39 is 11.9 Å². The van der Waals surface area contributed by atoms with Crippen LogP contribution in [0.4, 0.5) is 5.69 Å². The van der Waals surface area contributed by atoms with E-state index in [9.17, 15) is 9.90 Å². The normalized spacial score (nSPS) is 17.4. The lowest BCUT2D eigenvalue weighted by atomic mass is 9.82. The third kappa shape index (κ3) is 4.13. The Bertz CT molecular complexity index is 481. The average molecular weight is 291 g/mol. The second-order valence-corrected chi connectivity index (χ2v) is 5.97. The van der Waals surface area contributed by atoms with E-state index in [4.69, 9.17) is 10.5 Å². The monoisotopic (exact) mass is 291 g/mol. The van der Waals surface area contributed by atoms with Gasteiger partial charge in [-0.05, 0) is 42.5 Å². The number of carbonyl (C=O) groups is 1. The molecule has 0 radical (unpaired) electrons. The summed E-state index contributed by atoms with van der Waals surface area (Å²) < 4.78 is 5.19. The van der Waals surface area contributed by atoms with Gasteiger partial charge in [0, 0.05) is 5.69 Å². The van der Waals surface area contributed by atoms with Crippen LogP contribution in [0.1, 0.15) is 56.4 Å². The van der Waals surface area contributed by atoms with Gasteiger partial charge in [0.1, 0.15) is 5.75 Å². The van der Waals surface area contributed by atoms with Crippen LogP contribution < -0.4 is 10.5 Å². The number of carboxylic acid groups (broad SMARTS) is 1. The van der Waals surface area contributed by atoms with Gasteiger partial charge < -0.3 is 15.6 Å². The fourth-order valence-electron chi connectivity index (χ4n) is 3.27. The molecule has 3 N–H and O–H groups in total. The van der Waals surface area contributed by atoms with E-state index >= 15 is 0 Å². The van der Waals surface area contributed by atoms with E-state index in [1.54, 1.807) is 25.3 Å². The number of hydrogen-bond acceptors (Lipinski definition) is 3. The summed E-state index contributed by atoms with van der Waals surface area (Å²) in [6.07, 6.45) is 7.97. The number of rotatable bonds is 6. The van der Waals surface area contributed by atoms with Crippen LogP contribution in [-0.4, -0.2) is 18.2 Å². The first-order valence-corrected chi connectivity index (χ1v) is 7.78. The minimum absolute atomic E-state index is 0.534. The summed E-state index contributed by atoms with van der Waals surface area (Å²) in [4.78, 5) is 11.6. The molecular weight excluding hydrogens is 266 g/mol. The van der Waals surface area contributed by atoms with Crippen LogP contribution in [0, 0.1) is 5.92 Å². The van der Waals surface area contributed by atoms with Crippen molar-refractivity contribution in [3.63, 3.8) is 0 Å². The summed E-state index contributed by atoms with van der Waals surface area (Å²) in [6, 6.07) is 5.25. The quantitative estimate of drug-likeness (QED) is 0.782. The number of nitrogens with two attached hydrogens (primary N) is 1. The lowest BCUT2D eigenvalue weighted by molar-refractivity contribution is -0.139. The maximum atomic E-state index is 11.6. The number of anilines is 1. The molecule has 0 aromatic heterocycles. The molecule has 21 heavy (non-hydrogen) atoms. The third-order valence-electron chi connectivity index (χ3n) is 4.56. The molecule has 0 amide bonds. The van der Waals surface area contributed by atoms with Gasteiger partial charge in [0.2, 0.25) is 0 Å². The number of benzene rings is 1. The predicted octanol–water partition coefficient (Wildman–Crippen LogP) is 3.81. The molecule has 4 nitrogen and oxygen atoms in total. The molecule has 1 saturated carbocycles. The van der Waals surface area contributed by atoms with Gasteiger partial charge in [0.15, 0.2) is 0 Å². The molecule has 1 aliphatic carbocycles. The predicted molar refractivity (Wildman–Crippen MR) is 83.6 cm³/mol. The van der Waals surface area contributed by atoms with Crippen LogP contribution in [0.15, 0.2) is 18.2 Å². The zero-order chi connectivity index (χ0) is 15.2. The van der Waals surface area contributed by atoms with Crippen LogP contribution in [0.3, 0.4) is 0 Å². The number of nitrogen functional groups attached to an aromatic ring is 1. The van der Waals surface area contributed by atoms with Crippen molar-refractivity contribution in [2.24, 2.45) is 5.92 Å². The molecule has 4 heteroatoms. The molecule has 1 unspecified atom stereocenters. The standard InChI is InChI=1S/C17H25NO3/c1-21-13-8-10-16(18)15(11-13)14(17(19)20)9-7-12-5-3-2-4-6-12/h8,10-12,14H,2-7,9,18H2,1H3,(H,19,20). The first kappa shape index (κ1) is 15.7. The second-order valence-electron chi connectivity index (χ2n) is 5.97. The highest BCUT2D eigenvalue weighted by atomic mass is 16.5. The summed E-state index contributed by atoms with van der Waals surface area (Å²) in [6.45, 7) is 0. The first-order chi connectivity index (χ1) is 10.1. The molecule has 0 bridgehead atoms. The van der Waals surface area contributed by atoms with Gasteiger partial charge in [0.25, 0.3) is 0 Å². The summed E-state index contributed by atoms with van der Waals surface area (Å²) >= 11 is 0. The highest BCUT2D eigenvalue weighted by molar-refractivity contribution is 5.78. The zero-order valence-corrected chi connectivity index (χ0v) is 12.7. The summed E-state index contributed by atoms with van der Waals surface area (Å²) in [5.74, 6) is -0.0108. The van der Waals surface area contributed by atoms with Gasteiger partial charge in [-0.2, -0.15) is 0 Å². The molecule has 1 aromatic rings. The molecule has 116 valence electrons. The van der Waals surface area contributed by atoms with Gasteiger partial charge >= 0.3 is 5.97 Å². The van der Waals surface area contributed by atoms with Crippen LogP contribution >= 0.6 is 0 Å². The Morgan fingerprint density at radius 3 is 2.71 bits per heavy atom. The molecule has 1 aliphatic rings. The smallest absolute Gasteiger partial charge is 0.311 e. The summed E-state index contributed by atoms with van der Waals surface area (Å²) in [5.41, 5.74) is 7.19. The minimum atomic E-state index is -0.800. The highest BCUT2D eigenvalue weighted by Crippen LogP contribution is 2.34. The summed E-state index contributed by atoms with van der Waals surface area (Å²) in [5, 5.41) is 9.55. The Morgan fingerprint density at radius 2 is 2.10 bits per heavy atom. The lowest BCUT2D eigenvalue weighted by Crippen LogP contribution is -2.16. The number of ether oxygens (including phenoxy) is 1.